The number of amides is 1. The highest BCUT2D eigenvalue weighted by atomic mass is 16.1. The van der Waals surface area contributed by atoms with Crippen LogP contribution in [-0.2, 0) is 4.79 Å². The van der Waals surface area contributed by atoms with Gasteiger partial charge in [-0.1, -0.05) is 19.3 Å². The molecule has 4 heteroatoms. The Morgan fingerprint density at radius 3 is 2.67 bits per heavy atom. The maximum absolute atomic E-state index is 11.5. The molecule has 1 saturated heterocycles. The second-order valence-corrected chi connectivity index (χ2v) is 6.35. The fourth-order valence-electron chi connectivity index (χ4n) is 3.60. The number of hydrogen-bond donors (Lipinski definition) is 2. The third-order valence-electron chi connectivity index (χ3n) is 4.99. The number of carbonyl (C=O) groups is 1. The van der Waals surface area contributed by atoms with Crippen LogP contribution in [0.2, 0.25) is 0 Å². The summed E-state index contributed by atoms with van der Waals surface area (Å²) in [7, 11) is 0. The summed E-state index contributed by atoms with van der Waals surface area (Å²) in [5, 5.41) is 0. The van der Waals surface area contributed by atoms with Crippen LogP contribution in [0.3, 0.4) is 0 Å². The van der Waals surface area contributed by atoms with Gasteiger partial charge in [0.15, 0.2) is 0 Å². The molecule has 2 fully saturated rings. The molecule has 3 unspecified atom stereocenters. The number of nitrogens with zero attached hydrogens (tertiary/aromatic N) is 1. The number of likely N-dealkylation sites (tertiary alicyclic amines) is 1. The maximum atomic E-state index is 11.5. The van der Waals surface area contributed by atoms with Gasteiger partial charge in [0.05, 0.1) is 5.41 Å². The summed E-state index contributed by atoms with van der Waals surface area (Å²) < 4.78 is 0. The van der Waals surface area contributed by atoms with Crippen LogP contribution in [0.5, 0.6) is 0 Å². The summed E-state index contributed by atoms with van der Waals surface area (Å²) >= 11 is 0. The molecular weight excluding hydrogens is 226 g/mol. The zero-order valence-corrected chi connectivity index (χ0v) is 11.5. The third kappa shape index (κ3) is 2.69. The molecule has 104 valence electrons. The Kier molecular flexibility index (Phi) is 4.28. The number of hydrogen-bond acceptors (Lipinski definition) is 3. The van der Waals surface area contributed by atoms with Crippen LogP contribution in [-0.4, -0.2) is 36.5 Å². The molecule has 1 aliphatic carbocycles. The van der Waals surface area contributed by atoms with Crippen LogP contribution in [0, 0.1) is 11.3 Å². The van der Waals surface area contributed by atoms with Gasteiger partial charge in [-0.3, -0.25) is 9.69 Å². The first-order valence-electron chi connectivity index (χ1n) is 7.31. The predicted molar refractivity (Wildman–Crippen MR) is 72.9 cm³/mol. The molecule has 0 spiro atoms. The van der Waals surface area contributed by atoms with E-state index < -0.39 is 0 Å². The van der Waals surface area contributed by atoms with Gasteiger partial charge in [-0.25, -0.2) is 0 Å². The lowest BCUT2D eigenvalue weighted by molar-refractivity contribution is -0.126. The zero-order valence-electron chi connectivity index (χ0n) is 11.5. The van der Waals surface area contributed by atoms with Crippen molar-refractivity contribution in [3.63, 3.8) is 0 Å². The quantitative estimate of drug-likeness (QED) is 0.740. The van der Waals surface area contributed by atoms with Crippen molar-refractivity contribution in [2.24, 2.45) is 22.8 Å². The minimum Gasteiger partial charge on any atom is -0.369 e. The van der Waals surface area contributed by atoms with Gasteiger partial charge in [0, 0.05) is 12.6 Å². The smallest absolute Gasteiger partial charge is 0.224 e. The Balaban J connectivity index is 2.04. The van der Waals surface area contributed by atoms with E-state index >= 15 is 0 Å². The average molecular weight is 253 g/mol. The molecule has 2 aliphatic rings. The number of nitrogens with two attached hydrogens (primary N) is 2. The van der Waals surface area contributed by atoms with E-state index in [1.807, 2.05) is 6.92 Å². The number of rotatable bonds is 3. The van der Waals surface area contributed by atoms with Crippen LogP contribution < -0.4 is 11.5 Å². The van der Waals surface area contributed by atoms with Crippen LogP contribution >= 0.6 is 0 Å². The standard InChI is InChI=1S/C14H27N3O/c1-14(13(16)18)7-8-17(10-14)12-6-4-2-3-5-11(12)9-15/h11-12H,2-10,15H2,1H3,(H2,16,18). The van der Waals surface area contributed by atoms with E-state index in [0.29, 0.717) is 12.0 Å². The fraction of sp³-hybridized carbons (Fsp3) is 0.929. The molecule has 4 nitrogen and oxygen atoms in total. The molecule has 1 saturated carbocycles. The molecule has 0 aromatic rings. The second kappa shape index (κ2) is 5.57. The highest BCUT2D eigenvalue weighted by Gasteiger charge is 2.42. The van der Waals surface area contributed by atoms with Crippen LogP contribution in [0.4, 0.5) is 0 Å². The predicted octanol–water partition coefficient (Wildman–Crippen LogP) is 1.09. The molecule has 18 heavy (non-hydrogen) atoms. The van der Waals surface area contributed by atoms with Gasteiger partial charge < -0.3 is 11.5 Å². The lowest BCUT2D eigenvalue weighted by atomic mass is 9.88. The van der Waals surface area contributed by atoms with Crippen LogP contribution in [0.1, 0.15) is 45.4 Å². The minimum absolute atomic E-state index is 0.150. The summed E-state index contributed by atoms with van der Waals surface area (Å²) in [5.41, 5.74) is 11.1. The summed E-state index contributed by atoms with van der Waals surface area (Å²) in [4.78, 5) is 14.0. The Labute approximate surface area is 110 Å². The Hall–Kier alpha value is -0.610. The van der Waals surface area contributed by atoms with Crippen molar-refractivity contribution in [2.75, 3.05) is 19.6 Å². The molecule has 1 amide bonds. The highest BCUT2D eigenvalue weighted by molar-refractivity contribution is 5.81. The third-order valence-corrected chi connectivity index (χ3v) is 4.99. The molecule has 0 aromatic heterocycles. The van der Waals surface area contributed by atoms with E-state index in [1.165, 1.54) is 32.1 Å². The van der Waals surface area contributed by atoms with E-state index in [-0.39, 0.29) is 11.3 Å². The summed E-state index contributed by atoms with van der Waals surface area (Å²) in [5.74, 6) is 0.450. The molecule has 0 aromatic carbocycles. The normalized spacial score (nSPS) is 38.6. The van der Waals surface area contributed by atoms with E-state index in [0.717, 1.165) is 26.1 Å². The average Bonchev–Trinajstić information content (AvgIpc) is 2.61. The molecule has 1 aliphatic heterocycles. The molecule has 2 rings (SSSR count). The summed E-state index contributed by atoms with van der Waals surface area (Å²) in [6, 6.07) is 0.568. The van der Waals surface area contributed by atoms with Crippen molar-refractivity contribution < 1.29 is 4.79 Å². The lowest BCUT2D eigenvalue weighted by Gasteiger charge is -2.33. The van der Waals surface area contributed by atoms with E-state index in [2.05, 4.69) is 4.90 Å². The van der Waals surface area contributed by atoms with Gasteiger partial charge in [-0.05, 0) is 45.2 Å². The highest BCUT2D eigenvalue weighted by Crippen LogP contribution is 2.35. The minimum atomic E-state index is -0.328. The summed E-state index contributed by atoms with van der Waals surface area (Å²) in [6.07, 6.45) is 7.30. The Morgan fingerprint density at radius 1 is 1.33 bits per heavy atom. The molecule has 0 radical (unpaired) electrons. The van der Waals surface area contributed by atoms with Gasteiger partial charge in [-0.15, -0.1) is 0 Å². The fourth-order valence-corrected chi connectivity index (χ4v) is 3.60. The zero-order chi connectivity index (χ0) is 13.2. The van der Waals surface area contributed by atoms with Crippen molar-refractivity contribution in [2.45, 2.75) is 51.5 Å². The van der Waals surface area contributed by atoms with Crippen molar-refractivity contribution >= 4 is 5.91 Å². The first-order valence-corrected chi connectivity index (χ1v) is 7.31. The molecule has 0 bridgehead atoms. The molecule has 1 heterocycles. The van der Waals surface area contributed by atoms with E-state index in [1.54, 1.807) is 0 Å². The largest absolute Gasteiger partial charge is 0.369 e. The molecule has 4 N–H and O–H groups in total. The molecule has 3 atom stereocenters. The number of carbonyl (C=O) groups excluding carboxylic acids is 1. The van der Waals surface area contributed by atoms with E-state index in [9.17, 15) is 4.79 Å². The van der Waals surface area contributed by atoms with Gasteiger partial charge in [-0.2, -0.15) is 0 Å². The van der Waals surface area contributed by atoms with Crippen molar-refractivity contribution in [3.05, 3.63) is 0 Å². The van der Waals surface area contributed by atoms with Crippen LogP contribution in [0.25, 0.3) is 0 Å². The lowest BCUT2D eigenvalue weighted by Crippen LogP contribution is -2.44. The van der Waals surface area contributed by atoms with Gasteiger partial charge in [0.1, 0.15) is 0 Å². The maximum Gasteiger partial charge on any atom is 0.224 e. The van der Waals surface area contributed by atoms with Gasteiger partial charge in [0.25, 0.3) is 0 Å². The Bertz CT molecular complexity index is 307. The van der Waals surface area contributed by atoms with Gasteiger partial charge >= 0.3 is 0 Å². The second-order valence-electron chi connectivity index (χ2n) is 6.35. The van der Waals surface area contributed by atoms with Crippen LogP contribution in [0.15, 0.2) is 0 Å². The topological polar surface area (TPSA) is 72.4 Å². The Morgan fingerprint density at radius 2 is 2.06 bits per heavy atom. The first kappa shape index (κ1) is 13.8. The van der Waals surface area contributed by atoms with Crippen molar-refractivity contribution in [3.8, 4) is 0 Å². The van der Waals surface area contributed by atoms with Crippen molar-refractivity contribution in [1.82, 2.24) is 4.90 Å². The van der Waals surface area contributed by atoms with E-state index in [4.69, 9.17) is 11.5 Å². The molecular formula is C14H27N3O. The van der Waals surface area contributed by atoms with Gasteiger partial charge in [0.2, 0.25) is 5.91 Å². The SMILES string of the molecule is CC1(C(N)=O)CCN(C2CCCCCC2CN)C1. The first-order chi connectivity index (χ1) is 8.57. The number of primary amides is 1. The van der Waals surface area contributed by atoms with Crippen molar-refractivity contribution in [1.29, 1.82) is 0 Å². The summed E-state index contributed by atoms with van der Waals surface area (Å²) in [6.45, 7) is 4.60. The monoisotopic (exact) mass is 253 g/mol.